The molecule has 51 heteroatoms. The van der Waals surface area contributed by atoms with Crippen LogP contribution in [0.25, 0.3) is 11.2 Å². The van der Waals surface area contributed by atoms with Gasteiger partial charge < -0.3 is 150 Å². The Labute approximate surface area is 838 Å². The molecule has 2 aromatic heterocycles. The second-order valence-electron chi connectivity index (χ2n) is 37.5. The summed E-state index contributed by atoms with van der Waals surface area (Å²) in [5, 5.41) is 105. The fourth-order valence-corrected chi connectivity index (χ4v) is 18.8. The number of nitrogens with two attached hydrogens (primary N) is 1. The Morgan fingerprint density at radius 2 is 0.868 bits per heavy atom. The van der Waals surface area contributed by atoms with Crippen LogP contribution >= 0.6 is 15.4 Å². The van der Waals surface area contributed by atoms with Gasteiger partial charge in [-0.2, -0.15) is 0 Å². The number of phosphoric acid groups is 1. The second kappa shape index (κ2) is 65.8. The number of carbonyl (C=O) groups is 11. The van der Waals surface area contributed by atoms with Gasteiger partial charge in [-0.05, 0) is 96.3 Å². The molecule has 0 aromatic carbocycles. The first kappa shape index (κ1) is 124. The number of aliphatic hydroxyl groups excluding tert-OH is 9. The summed E-state index contributed by atoms with van der Waals surface area (Å²) < 4.78 is 108. The van der Waals surface area contributed by atoms with Gasteiger partial charge in [0.05, 0.1) is 91.1 Å². The Morgan fingerprint density at radius 3 is 1.30 bits per heavy atom. The van der Waals surface area contributed by atoms with Gasteiger partial charge in [-0.3, -0.25) is 70.9 Å². The highest BCUT2D eigenvalue weighted by Gasteiger charge is 2.50. The molecule has 18 N–H and O–H groups in total. The highest BCUT2D eigenvalue weighted by molar-refractivity contribution is 7.51. The summed E-state index contributed by atoms with van der Waals surface area (Å²) in [5.74, 6) is -2.68. The van der Waals surface area contributed by atoms with E-state index in [1.807, 2.05) is 0 Å². The molecule has 0 radical (unpaired) electrons. The smallest absolute Gasteiger partial charge is 0.394 e. The third kappa shape index (κ3) is 44.6. The van der Waals surface area contributed by atoms with Crippen LogP contribution in [0.4, 0.5) is 5.82 Å². The average molecular weight is 2100 g/mol. The van der Waals surface area contributed by atoms with Gasteiger partial charge in [-0.25, -0.2) is 19.5 Å². The van der Waals surface area contributed by atoms with Gasteiger partial charge in [-0.15, -0.1) is 0 Å². The van der Waals surface area contributed by atoms with Crippen LogP contribution in [0, 0.1) is 0 Å². The number of methoxy groups -OCH3 is 1. The minimum absolute atomic E-state index is 0.00394. The summed E-state index contributed by atoms with van der Waals surface area (Å²) in [6, 6.07) is -3.99. The summed E-state index contributed by atoms with van der Waals surface area (Å²) in [7, 11) is -7.50. The van der Waals surface area contributed by atoms with Crippen LogP contribution in [-0.4, -0.2) is 386 Å². The number of phosphoric ester groups is 1. The van der Waals surface area contributed by atoms with Crippen molar-refractivity contribution < 1.29 is 183 Å². The van der Waals surface area contributed by atoms with Gasteiger partial charge in [0.15, 0.2) is 30.3 Å². The number of imidazole rings is 1. The molecular formula is C93H157N11O38P2. The Morgan fingerprint density at radius 1 is 0.465 bits per heavy atom. The lowest BCUT2D eigenvalue weighted by Gasteiger charge is -2.42. The normalized spacial score (nSPS) is 26.2. The molecule has 49 nitrogen and oxygen atoms in total. The second-order valence-corrected chi connectivity index (χ2v) is 40.8. The number of ketones is 5. The van der Waals surface area contributed by atoms with Crippen molar-refractivity contribution in [1.29, 1.82) is 0 Å². The number of carbonyl (C=O) groups excluding carboxylic acids is 11. The fraction of sp³-hybridized carbons (Fsp3) is 0.828. The standard InChI is InChI=1S/C93H157N11O38P2/c1-59(108)99-78-85(122)82(119)70(49-105)139-90(78)133-40-23-19-31-63(111)26-12-10-14-28-66(114)36-43-130-54-93(55-131-44-37-67(115)29-15-11-13-27-64(112)32-20-24-41-134-91-79(100-60(2)109)86(123)83(120)71(50-106)140-91,56-132-45-38-74(116)95-39-22-18-30-65(113)33-21-25-42-135-92-80(101-61(3)110)87(124)84(121)72(51-107)141-92)102-75(117)34-16-8-6-7-9-17-35-76(118)103-48-68(129-4)46-62(103)52-137-144(127,128)142-69-47-77(138-73(69)53-136-143(5,125)126)104-58-98-81-88(94)96-57-97-89(81)104/h57-58,62,68-73,77-80,82-87,90-92,105-107,119-124H,6-56H2,1-5H3,(H,95,116)(H,99,108)(H,100,109)(H,101,110)(H,102,117)(H,125,126)(H,127,128)(H2,94,96,97)/t62-,68+,69-,70?,71?,72?,73+,77+,78?,79?,80?,82-,83-,84-,85+,86+,87+,90+,91+,92+,93?/m0/s1. The monoisotopic (exact) mass is 2100 g/mol. The van der Waals surface area contributed by atoms with Gasteiger partial charge in [0.25, 0.3) is 0 Å². The number of unbranched alkanes of at least 4 members (excludes halogenated alkanes) is 13. The van der Waals surface area contributed by atoms with E-state index in [0.717, 1.165) is 6.66 Å². The molecule has 22 atom stereocenters. The molecule has 0 bridgehead atoms. The molecule has 7 rings (SSSR count). The number of likely N-dealkylation sites (tertiary alicyclic amines) is 1. The van der Waals surface area contributed by atoms with E-state index in [2.05, 4.69) is 41.5 Å². The third-order valence-corrected chi connectivity index (χ3v) is 27.0. The largest absolute Gasteiger partial charge is 0.472 e. The number of nitrogen functional groups attached to an aromatic ring is 1. The molecule has 8 unspecified atom stereocenters. The molecule has 7 heterocycles. The van der Waals surface area contributed by atoms with E-state index in [4.69, 9.17) is 71.4 Å². The fourth-order valence-electron chi connectivity index (χ4n) is 17.4. The Balaban J connectivity index is 0.909. The number of fused-ring (bicyclic) bond motifs is 1. The third-order valence-electron chi connectivity index (χ3n) is 25.4. The first-order valence-corrected chi connectivity index (χ1v) is 53.7. The van der Waals surface area contributed by atoms with Crippen molar-refractivity contribution in [1.82, 2.24) is 51.0 Å². The number of nitrogens with one attached hydrogen (secondary N) is 5. The van der Waals surface area contributed by atoms with Crippen LogP contribution in [0.5, 0.6) is 0 Å². The van der Waals surface area contributed by atoms with E-state index in [0.29, 0.717) is 128 Å². The van der Waals surface area contributed by atoms with E-state index < -0.39 is 200 Å². The average Bonchev–Trinajstić information content (AvgIpc) is 1.63. The van der Waals surface area contributed by atoms with Gasteiger partial charge in [-0.1, -0.05) is 38.5 Å². The van der Waals surface area contributed by atoms with Crippen LogP contribution in [0.3, 0.4) is 0 Å². The molecule has 822 valence electrons. The molecule has 0 aliphatic carbocycles. The highest BCUT2D eigenvalue weighted by Crippen LogP contribution is 2.50. The lowest BCUT2D eigenvalue weighted by atomic mass is 9.97. The summed E-state index contributed by atoms with van der Waals surface area (Å²) in [6.07, 6.45) is -4.50. The molecule has 0 spiro atoms. The van der Waals surface area contributed by atoms with Gasteiger partial charge in [0, 0.05) is 157 Å². The summed E-state index contributed by atoms with van der Waals surface area (Å²) in [5.41, 5.74) is 5.10. The topological polar surface area (TPSA) is 707 Å². The van der Waals surface area contributed by atoms with Crippen LogP contribution in [0.15, 0.2) is 12.7 Å². The van der Waals surface area contributed by atoms with Crippen LogP contribution in [-0.2, 0) is 128 Å². The maximum atomic E-state index is 14.3. The quantitative estimate of drug-likeness (QED) is 0.0327. The van der Waals surface area contributed by atoms with Gasteiger partial charge in [0.1, 0.15) is 138 Å². The first-order valence-electron chi connectivity index (χ1n) is 50.2. The zero-order chi connectivity index (χ0) is 105. The summed E-state index contributed by atoms with van der Waals surface area (Å²) >= 11 is 0. The van der Waals surface area contributed by atoms with Crippen molar-refractivity contribution in [3.05, 3.63) is 12.7 Å². The van der Waals surface area contributed by atoms with Crippen molar-refractivity contribution in [3.63, 3.8) is 0 Å². The zero-order valence-electron chi connectivity index (χ0n) is 83.4. The predicted molar refractivity (Wildman–Crippen MR) is 509 cm³/mol. The van der Waals surface area contributed by atoms with Crippen molar-refractivity contribution in [3.8, 4) is 0 Å². The molecule has 5 aliphatic heterocycles. The van der Waals surface area contributed by atoms with E-state index in [1.165, 1.54) is 45.1 Å². The number of ether oxygens (including phenoxy) is 11. The maximum Gasteiger partial charge on any atom is 0.472 e. The SMILES string of the molecule is CO[C@@H]1C[C@@H](COP(=O)(O)O[C@H]2C[C@H](n3cnc4c(N)ncnc43)O[C@@H]2COP(C)(=O)O)N(C(=O)CCCCCCCCC(=O)NC(COCCC(=O)CCCCCC(=O)CCCCO[C@@H]2OC(CO)[C@H](O)[C@H](O)C2NC(C)=O)(COCCC(=O)CCCCCC(=O)CCCCO[C@@H]2OC(CO)[C@H](O)[C@H](O)C2NC(C)=O)COCCC(=O)NCCCCC(=O)CCCCO[C@@H]2OC(CO)[C@H](O)[C@H](O)C2NC(C)=O)C1. The number of Topliss-reactive ketones (excluding diaryl/α,β-unsaturated/α-hetero) is 5. The van der Waals surface area contributed by atoms with Crippen molar-refractivity contribution in [2.45, 2.75) is 374 Å². The Kier molecular flexibility index (Phi) is 56.6. The van der Waals surface area contributed by atoms with E-state index in [-0.39, 0.29) is 227 Å². The summed E-state index contributed by atoms with van der Waals surface area (Å²) in [6.45, 7) is 1.54. The summed E-state index contributed by atoms with van der Waals surface area (Å²) in [4.78, 5) is 178. The number of hydrogen-bond donors (Lipinski definition) is 17. The number of anilines is 1. The number of hydrogen-bond acceptors (Lipinski definition) is 40. The maximum absolute atomic E-state index is 14.3. The number of aliphatic hydroxyl groups is 9. The minimum atomic E-state index is -4.94. The first-order chi connectivity index (χ1) is 68.8. The number of aromatic nitrogens is 4. The number of amides is 6. The van der Waals surface area contributed by atoms with Crippen molar-refractivity contribution in [2.75, 3.05) is 125 Å². The molecule has 5 saturated heterocycles. The Hall–Kier alpha value is -7.02. The number of nitrogens with zero attached hydrogens (tertiary/aromatic N) is 5. The van der Waals surface area contributed by atoms with Crippen LogP contribution < -0.4 is 32.3 Å². The predicted octanol–water partition coefficient (Wildman–Crippen LogP) is 1.27. The lowest BCUT2D eigenvalue weighted by Crippen LogP contribution is -2.64. The Bertz CT molecular complexity index is 4090. The zero-order valence-corrected chi connectivity index (χ0v) is 85.2. The van der Waals surface area contributed by atoms with Crippen molar-refractivity contribution in [2.24, 2.45) is 0 Å². The van der Waals surface area contributed by atoms with Gasteiger partial charge >= 0.3 is 15.4 Å². The molecule has 5 fully saturated rings. The van der Waals surface area contributed by atoms with E-state index >= 15 is 0 Å². The minimum Gasteiger partial charge on any atom is -0.394 e. The molecule has 5 aliphatic rings. The highest BCUT2D eigenvalue weighted by atomic mass is 31.2. The molecule has 2 aromatic rings. The van der Waals surface area contributed by atoms with Crippen LogP contribution in [0.2, 0.25) is 0 Å². The van der Waals surface area contributed by atoms with E-state index in [1.54, 1.807) is 4.90 Å². The molecule has 0 saturated carbocycles. The molecule has 144 heavy (non-hydrogen) atoms. The van der Waals surface area contributed by atoms with Crippen molar-refractivity contribution >= 4 is 96.8 Å². The molecular weight excluding hydrogens is 1940 g/mol. The van der Waals surface area contributed by atoms with Gasteiger partial charge in [0.2, 0.25) is 35.4 Å². The number of rotatable bonds is 76. The van der Waals surface area contributed by atoms with E-state index in [9.17, 15) is 118 Å². The lowest BCUT2D eigenvalue weighted by molar-refractivity contribution is -0.270. The molecule has 6 amide bonds. The van der Waals surface area contributed by atoms with Crippen LogP contribution in [0.1, 0.15) is 252 Å².